The van der Waals surface area contributed by atoms with Crippen LogP contribution < -0.4 is 5.73 Å². The third kappa shape index (κ3) is 4.04. The Kier molecular flexibility index (Phi) is 5.67. The first-order valence-electron chi connectivity index (χ1n) is 7.43. The van der Waals surface area contributed by atoms with Gasteiger partial charge in [-0.25, -0.2) is 9.59 Å². The van der Waals surface area contributed by atoms with Crippen molar-refractivity contribution < 1.29 is 24.5 Å². The molecule has 0 saturated heterocycles. The summed E-state index contributed by atoms with van der Waals surface area (Å²) in [7, 11) is 0. The Morgan fingerprint density at radius 1 is 1.39 bits per heavy atom. The Balaban J connectivity index is 2.23. The van der Waals surface area contributed by atoms with Gasteiger partial charge in [0.1, 0.15) is 6.10 Å². The van der Waals surface area contributed by atoms with E-state index in [1.54, 1.807) is 23.9 Å². The number of carboxylic acids is 1. The molecule has 0 fully saturated rings. The fourth-order valence-corrected chi connectivity index (χ4v) is 4.01. The van der Waals surface area contributed by atoms with E-state index in [0.29, 0.717) is 5.56 Å². The summed E-state index contributed by atoms with van der Waals surface area (Å²) in [4.78, 5) is 22.9. The third-order valence-corrected chi connectivity index (χ3v) is 5.00. The van der Waals surface area contributed by atoms with Crippen molar-refractivity contribution in [3.05, 3.63) is 35.4 Å². The van der Waals surface area contributed by atoms with Crippen LogP contribution in [0.1, 0.15) is 42.3 Å². The van der Waals surface area contributed by atoms with Crippen molar-refractivity contribution in [1.82, 2.24) is 0 Å². The Labute approximate surface area is 139 Å². The van der Waals surface area contributed by atoms with Gasteiger partial charge in [-0.15, -0.1) is 0 Å². The number of benzene rings is 1. The highest BCUT2D eigenvalue weighted by Crippen LogP contribution is 2.41. The predicted molar refractivity (Wildman–Crippen MR) is 87.3 cm³/mol. The number of ether oxygens (including phenoxy) is 1. The second-order valence-electron chi connectivity index (χ2n) is 5.82. The van der Waals surface area contributed by atoms with Crippen molar-refractivity contribution in [2.45, 2.75) is 49.0 Å². The Morgan fingerprint density at radius 2 is 2.04 bits per heavy atom. The summed E-state index contributed by atoms with van der Waals surface area (Å²) in [5.41, 5.74) is 7.14. The molecule has 4 unspecified atom stereocenters. The summed E-state index contributed by atoms with van der Waals surface area (Å²) >= 11 is 1.56. The average molecular weight is 339 g/mol. The lowest BCUT2D eigenvalue weighted by Gasteiger charge is -2.28. The first-order chi connectivity index (χ1) is 10.8. The number of rotatable bonds is 7. The molecule has 23 heavy (non-hydrogen) atoms. The molecule has 1 aromatic rings. The molecule has 0 amide bonds. The van der Waals surface area contributed by atoms with Gasteiger partial charge in [0.15, 0.2) is 6.10 Å². The number of cyclic esters (lactones) is 1. The van der Waals surface area contributed by atoms with Crippen LogP contribution in [0.15, 0.2) is 24.3 Å². The molecular formula is C16H21NO5S. The molecule has 4 N–H and O–H groups in total. The molecule has 0 aliphatic carbocycles. The SMILES string of the molecule is CC(C)SC(CC(N)C(O)C(=O)O)C1OC(=O)c2ccccc21. The van der Waals surface area contributed by atoms with E-state index in [2.05, 4.69) is 0 Å². The van der Waals surface area contributed by atoms with E-state index in [-0.39, 0.29) is 22.9 Å². The summed E-state index contributed by atoms with van der Waals surface area (Å²) in [5, 5.41) is 18.5. The quantitative estimate of drug-likeness (QED) is 0.647. The molecule has 1 aliphatic heterocycles. The lowest BCUT2D eigenvalue weighted by molar-refractivity contribution is -0.147. The molecule has 0 spiro atoms. The number of fused-ring (bicyclic) bond motifs is 1. The van der Waals surface area contributed by atoms with Gasteiger partial charge >= 0.3 is 11.9 Å². The zero-order valence-corrected chi connectivity index (χ0v) is 13.8. The lowest BCUT2D eigenvalue weighted by atomic mass is 9.97. The Bertz CT molecular complexity index is 592. The van der Waals surface area contributed by atoms with Crippen LogP contribution in [0.3, 0.4) is 0 Å². The van der Waals surface area contributed by atoms with Crippen molar-refractivity contribution in [3.63, 3.8) is 0 Å². The fourth-order valence-electron chi connectivity index (χ4n) is 2.63. The van der Waals surface area contributed by atoms with Gasteiger partial charge in [0.25, 0.3) is 0 Å². The number of carbonyl (C=O) groups is 2. The first-order valence-corrected chi connectivity index (χ1v) is 8.37. The normalized spacial score (nSPS) is 20.7. The maximum absolute atomic E-state index is 12.0. The van der Waals surface area contributed by atoms with Gasteiger partial charge in [0.2, 0.25) is 0 Å². The van der Waals surface area contributed by atoms with E-state index < -0.39 is 24.2 Å². The van der Waals surface area contributed by atoms with Gasteiger partial charge in [0, 0.05) is 16.9 Å². The highest BCUT2D eigenvalue weighted by Gasteiger charge is 2.39. The topological polar surface area (TPSA) is 110 Å². The Morgan fingerprint density at radius 3 is 2.65 bits per heavy atom. The number of aliphatic carboxylic acids is 1. The molecule has 1 aromatic carbocycles. The minimum atomic E-state index is -1.64. The van der Waals surface area contributed by atoms with Gasteiger partial charge < -0.3 is 20.7 Å². The van der Waals surface area contributed by atoms with Gasteiger partial charge in [-0.2, -0.15) is 11.8 Å². The second-order valence-corrected chi connectivity index (χ2v) is 7.64. The van der Waals surface area contributed by atoms with Crippen LogP contribution in [0.4, 0.5) is 0 Å². The highest BCUT2D eigenvalue weighted by atomic mass is 32.2. The fraction of sp³-hybridized carbons (Fsp3) is 0.500. The average Bonchev–Trinajstić information content (AvgIpc) is 2.83. The molecule has 2 rings (SSSR count). The van der Waals surface area contributed by atoms with E-state index in [9.17, 15) is 14.7 Å². The third-order valence-electron chi connectivity index (χ3n) is 3.67. The van der Waals surface area contributed by atoms with Crippen LogP contribution in [0.5, 0.6) is 0 Å². The van der Waals surface area contributed by atoms with Crippen molar-refractivity contribution >= 4 is 23.7 Å². The summed E-state index contributed by atoms with van der Waals surface area (Å²) in [6, 6.07) is 6.21. The molecule has 1 aliphatic rings. The van der Waals surface area contributed by atoms with Gasteiger partial charge in [-0.1, -0.05) is 32.0 Å². The number of thioether (sulfide) groups is 1. The zero-order valence-electron chi connectivity index (χ0n) is 13.0. The highest BCUT2D eigenvalue weighted by molar-refractivity contribution is 8.00. The number of aliphatic hydroxyl groups is 1. The van der Waals surface area contributed by atoms with E-state index in [1.807, 2.05) is 26.0 Å². The lowest BCUT2D eigenvalue weighted by Crippen LogP contribution is -2.43. The molecule has 0 saturated carbocycles. The van der Waals surface area contributed by atoms with Gasteiger partial charge in [0.05, 0.1) is 5.56 Å². The monoisotopic (exact) mass is 339 g/mol. The maximum Gasteiger partial charge on any atom is 0.339 e. The van der Waals surface area contributed by atoms with Crippen LogP contribution in [0.25, 0.3) is 0 Å². The second kappa shape index (κ2) is 7.33. The first kappa shape index (κ1) is 17.8. The molecule has 6 nitrogen and oxygen atoms in total. The standard InChI is InChI=1S/C16H21NO5S/c1-8(2)23-12(7-11(17)13(18)15(19)20)14-9-5-3-4-6-10(9)16(21)22-14/h3-6,8,11-14,18H,7,17H2,1-2H3,(H,19,20). The molecule has 0 radical (unpaired) electrons. The summed E-state index contributed by atoms with van der Waals surface area (Å²) < 4.78 is 5.49. The Hall–Kier alpha value is -1.57. The van der Waals surface area contributed by atoms with Crippen molar-refractivity contribution in [3.8, 4) is 0 Å². The summed E-state index contributed by atoms with van der Waals surface area (Å²) in [6.45, 7) is 4.00. The number of hydrogen-bond donors (Lipinski definition) is 3. The van der Waals surface area contributed by atoms with Crippen LogP contribution in [-0.4, -0.2) is 44.8 Å². The molecule has 0 aromatic heterocycles. The van der Waals surface area contributed by atoms with Gasteiger partial charge in [-0.3, -0.25) is 0 Å². The van der Waals surface area contributed by atoms with Crippen molar-refractivity contribution in [2.24, 2.45) is 5.73 Å². The van der Waals surface area contributed by atoms with Crippen LogP contribution in [-0.2, 0) is 9.53 Å². The number of carbonyl (C=O) groups excluding carboxylic acids is 1. The maximum atomic E-state index is 12.0. The predicted octanol–water partition coefficient (Wildman–Crippen LogP) is 1.57. The number of aliphatic hydroxyl groups excluding tert-OH is 1. The summed E-state index contributed by atoms with van der Waals surface area (Å²) in [6.07, 6.45) is -1.90. The van der Waals surface area contributed by atoms with E-state index in [1.165, 1.54) is 0 Å². The minimum Gasteiger partial charge on any atom is -0.479 e. The molecular weight excluding hydrogens is 318 g/mol. The van der Waals surface area contributed by atoms with Gasteiger partial charge in [-0.05, 0) is 17.7 Å². The molecule has 4 atom stereocenters. The largest absolute Gasteiger partial charge is 0.479 e. The molecule has 0 bridgehead atoms. The van der Waals surface area contributed by atoms with E-state index in [4.69, 9.17) is 15.6 Å². The number of carboxylic acid groups (broad SMARTS) is 1. The smallest absolute Gasteiger partial charge is 0.339 e. The molecule has 7 heteroatoms. The number of nitrogens with two attached hydrogens (primary N) is 1. The zero-order chi connectivity index (χ0) is 17.1. The van der Waals surface area contributed by atoms with Crippen molar-refractivity contribution in [2.75, 3.05) is 0 Å². The summed E-state index contributed by atoms with van der Waals surface area (Å²) in [5.74, 6) is -1.73. The van der Waals surface area contributed by atoms with E-state index >= 15 is 0 Å². The molecule has 126 valence electrons. The molecule has 1 heterocycles. The van der Waals surface area contributed by atoms with Crippen LogP contribution in [0.2, 0.25) is 0 Å². The van der Waals surface area contributed by atoms with Crippen LogP contribution in [0, 0.1) is 0 Å². The van der Waals surface area contributed by atoms with E-state index in [0.717, 1.165) is 5.56 Å². The van der Waals surface area contributed by atoms with Crippen LogP contribution >= 0.6 is 11.8 Å². The number of hydrogen-bond acceptors (Lipinski definition) is 6. The number of esters is 1. The van der Waals surface area contributed by atoms with Crippen molar-refractivity contribution in [1.29, 1.82) is 0 Å². The minimum absolute atomic E-state index is 0.225.